The Labute approximate surface area is 147 Å². The Hall–Kier alpha value is -2.60. The summed E-state index contributed by atoms with van der Waals surface area (Å²) in [5, 5.41) is 12.1. The van der Waals surface area contributed by atoms with Gasteiger partial charge in [0.1, 0.15) is 17.3 Å². The van der Waals surface area contributed by atoms with Crippen LogP contribution < -0.4 is 14.8 Å². The zero-order valence-electron chi connectivity index (χ0n) is 13.2. The van der Waals surface area contributed by atoms with Gasteiger partial charge in [0.2, 0.25) is 0 Å². The lowest BCUT2D eigenvalue weighted by Gasteiger charge is -2.06. The van der Waals surface area contributed by atoms with E-state index >= 15 is 0 Å². The van der Waals surface area contributed by atoms with E-state index < -0.39 is 0 Å². The van der Waals surface area contributed by atoms with E-state index in [0.29, 0.717) is 0 Å². The monoisotopic (exact) mass is 385 g/mol. The van der Waals surface area contributed by atoms with Crippen LogP contribution in [0.5, 0.6) is 11.5 Å². The van der Waals surface area contributed by atoms with E-state index in [1.165, 1.54) is 0 Å². The van der Waals surface area contributed by atoms with E-state index in [0.717, 1.165) is 49.5 Å². The van der Waals surface area contributed by atoms with Crippen LogP contribution in [-0.2, 0) is 0 Å². The summed E-state index contributed by atoms with van der Waals surface area (Å²) in [6, 6.07) is 14.1. The molecule has 1 aliphatic heterocycles. The van der Waals surface area contributed by atoms with E-state index in [9.17, 15) is 0 Å². The van der Waals surface area contributed by atoms with E-state index in [2.05, 4.69) is 43.6 Å². The molecule has 0 spiro atoms. The Morgan fingerprint density at radius 2 is 1.88 bits per heavy atom. The molecule has 1 heterocycles. The Morgan fingerprint density at radius 3 is 2.67 bits per heavy atom. The maximum absolute atomic E-state index is 5.40. The molecule has 0 saturated heterocycles. The standard InChI is InChI=1S/C18H16BrN3O2/c1-23-12-5-3-4-11(8-12)20-18-14-6-10-7-15(19)16(24-2)9-13(10)17(14)21-22-18/h3-9,20-22H,1-2H3. The van der Waals surface area contributed by atoms with Crippen molar-refractivity contribution >= 4 is 38.2 Å². The summed E-state index contributed by atoms with van der Waals surface area (Å²) in [6.07, 6.45) is 0. The van der Waals surface area contributed by atoms with Crippen LogP contribution in [0.1, 0.15) is 0 Å². The van der Waals surface area contributed by atoms with Crippen LogP contribution in [0.4, 0.5) is 11.5 Å². The quantitative estimate of drug-likeness (QED) is 0.456. The van der Waals surface area contributed by atoms with Gasteiger partial charge >= 0.3 is 0 Å². The molecular weight excluding hydrogens is 370 g/mol. The van der Waals surface area contributed by atoms with Gasteiger partial charge in [-0.25, -0.2) is 0 Å². The van der Waals surface area contributed by atoms with Crippen LogP contribution in [0.15, 0.2) is 46.9 Å². The SMILES string of the molecule is COc1cccc(Nc2[nH][nH]c3c4cc(OC)c(Br)cc4cc2-3)c1. The topological polar surface area (TPSA) is 62.1 Å². The molecule has 5 nitrogen and oxygen atoms in total. The van der Waals surface area contributed by atoms with Crippen LogP contribution in [0.2, 0.25) is 0 Å². The highest BCUT2D eigenvalue weighted by molar-refractivity contribution is 9.10. The van der Waals surface area contributed by atoms with Crippen molar-refractivity contribution in [2.24, 2.45) is 0 Å². The number of fused-ring (bicyclic) bond motifs is 3. The first kappa shape index (κ1) is 15.0. The summed E-state index contributed by atoms with van der Waals surface area (Å²) < 4.78 is 11.6. The Morgan fingerprint density at radius 1 is 1.00 bits per heavy atom. The van der Waals surface area contributed by atoms with Gasteiger partial charge in [0.05, 0.1) is 24.4 Å². The number of aromatic amines is 2. The van der Waals surface area contributed by atoms with E-state index in [-0.39, 0.29) is 0 Å². The minimum absolute atomic E-state index is 0.812. The predicted molar refractivity (Wildman–Crippen MR) is 99.8 cm³/mol. The molecule has 2 aliphatic rings. The molecule has 3 N–H and O–H groups in total. The molecule has 0 amide bonds. The molecule has 2 aromatic rings. The lowest BCUT2D eigenvalue weighted by atomic mass is 10.2. The number of halogens is 1. The molecule has 24 heavy (non-hydrogen) atoms. The number of aromatic nitrogens is 2. The van der Waals surface area contributed by atoms with Crippen molar-refractivity contribution in [3.05, 3.63) is 46.9 Å². The van der Waals surface area contributed by atoms with Crippen LogP contribution >= 0.6 is 15.9 Å². The molecule has 1 aliphatic carbocycles. The third kappa shape index (κ3) is 2.39. The van der Waals surface area contributed by atoms with Gasteiger partial charge in [-0.05, 0) is 51.6 Å². The lowest BCUT2D eigenvalue weighted by Crippen LogP contribution is -1.92. The van der Waals surface area contributed by atoms with E-state index in [1.54, 1.807) is 14.2 Å². The van der Waals surface area contributed by atoms with E-state index in [4.69, 9.17) is 9.47 Å². The van der Waals surface area contributed by atoms with Crippen molar-refractivity contribution in [2.45, 2.75) is 0 Å². The molecule has 0 aromatic heterocycles. The Kier molecular flexibility index (Phi) is 3.61. The first-order valence-electron chi connectivity index (χ1n) is 7.47. The van der Waals surface area contributed by atoms with Crippen molar-refractivity contribution in [3.63, 3.8) is 0 Å². The first-order valence-corrected chi connectivity index (χ1v) is 8.26. The average molecular weight is 386 g/mol. The fraction of sp³-hybridized carbons (Fsp3) is 0.111. The van der Waals surface area contributed by atoms with Gasteiger partial charge in [-0.3, -0.25) is 10.2 Å². The lowest BCUT2D eigenvalue weighted by molar-refractivity contribution is 0.413. The summed E-state index contributed by atoms with van der Waals surface area (Å²) in [6.45, 7) is 0. The number of hydrogen-bond acceptors (Lipinski definition) is 3. The maximum atomic E-state index is 5.40. The Balaban J connectivity index is 1.76. The smallest absolute Gasteiger partial charge is 0.133 e. The molecule has 0 unspecified atom stereocenters. The highest BCUT2D eigenvalue weighted by Crippen LogP contribution is 2.42. The molecule has 122 valence electrons. The van der Waals surface area contributed by atoms with Crippen molar-refractivity contribution in [1.29, 1.82) is 0 Å². The molecule has 0 radical (unpaired) electrons. The number of hydrogen-bond donors (Lipinski definition) is 3. The molecular formula is C18H16BrN3O2. The fourth-order valence-corrected chi connectivity index (χ4v) is 3.42. The van der Waals surface area contributed by atoms with Crippen LogP contribution in [0, 0.1) is 0 Å². The third-order valence-electron chi connectivity index (χ3n) is 4.08. The van der Waals surface area contributed by atoms with Gasteiger partial charge in [-0.15, -0.1) is 0 Å². The van der Waals surface area contributed by atoms with Gasteiger partial charge in [0.25, 0.3) is 0 Å². The molecule has 0 atom stereocenters. The summed E-state index contributed by atoms with van der Waals surface area (Å²) in [4.78, 5) is 0. The van der Waals surface area contributed by atoms with Crippen molar-refractivity contribution in [1.82, 2.24) is 10.2 Å². The summed E-state index contributed by atoms with van der Waals surface area (Å²) in [7, 11) is 3.33. The van der Waals surface area contributed by atoms with Crippen molar-refractivity contribution in [2.75, 3.05) is 19.5 Å². The number of methoxy groups -OCH3 is 2. The Bertz CT molecular complexity index is 989. The average Bonchev–Trinajstić information content (AvgIpc) is 3.14. The second kappa shape index (κ2) is 5.79. The highest BCUT2D eigenvalue weighted by atomic mass is 79.9. The highest BCUT2D eigenvalue weighted by Gasteiger charge is 2.18. The largest absolute Gasteiger partial charge is 0.497 e. The van der Waals surface area contributed by atoms with Crippen molar-refractivity contribution < 1.29 is 9.47 Å². The zero-order chi connectivity index (χ0) is 16.7. The minimum atomic E-state index is 0.812. The van der Waals surface area contributed by atoms with Gasteiger partial charge < -0.3 is 14.8 Å². The number of ether oxygens (including phenoxy) is 2. The van der Waals surface area contributed by atoms with Crippen LogP contribution in [0.3, 0.4) is 0 Å². The fourth-order valence-electron chi connectivity index (χ4n) is 2.90. The summed E-state index contributed by atoms with van der Waals surface area (Å²) in [5.74, 6) is 2.53. The number of rotatable bonds is 4. The van der Waals surface area contributed by atoms with Gasteiger partial charge in [-0.1, -0.05) is 6.07 Å². The van der Waals surface area contributed by atoms with Gasteiger partial charge in [0, 0.05) is 22.7 Å². The minimum Gasteiger partial charge on any atom is -0.497 e. The normalized spacial score (nSPS) is 11.1. The van der Waals surface area contributed by atoms with Crippen LogP contribution in [0.25, 0.3) is 22.0 Å². The molecule has 0 fully saturated rings. The predicted octanol–water partition coefficient (Wildman–Crippen LogP) is 5.12. The van der Waals surface area contributed by atoms with Crippen molar-refractivity contribution in [3.8, 4) is 22.8 Å². The molecule has 4 rings (SSSR count). The molecule has 0 bridgehead atoms. The van der Waals surface area contributed by atoms with E-state index in [1.807, 2.05) is 30.3 Å². The zero-order valence-corrected chi connectivity index (χ0v) is 14.8. The summed E-state index contributed by atoms with van der Waals surface area (Å²) >= 11 is 3.54. The second-order valence-electron chi connectivity index (χ2n) is 5.49. The molecule has 6 heteroatoms. The maximum Gasteiger partial charge on any atom is 0.133 e. The molecule has 2 aromatic carbocycles. The first-order chi connectivity index (χ1) is 11.7. The van der Waals surface area contributed by atoms with Crippen LogP contribution in [-0.4, -0.2) is 24.4 Å². The summed E-state index contributed by atoms with van der Waals surface area (Å²) in [5.41, 5.74) is 3.09. The number of anilines is 2. The third-order valence-corrected chi connectivity index (χ3v) is 4.70. The number of benzene rings is 2. The number of H-pyrrole nitrogens is 2. The molecule has 0 saturated carbocycles. The number of nitrogens with one attached hydrogen (secondary N) is 3. The van der Waals surface area contributed by atoms with Gasteiger partial charge in [0.15, 0.2) is 0 Å². The second-order valence-corrected chi connectivity index (χ2v) is 6.34. The van der Waals surface area contributed by atoms with Gasteiger partial charge in [-0.2, -0.15) is 0 Å².